The van der Waals surface area contributed by atoms with Crippen molar-refractivity contribution < 1.29 is 13.6 Å². The molecule has 0 fully saturated rings. The molecule has 5 heteroatoms. The van der Waals surface area contributed by atoms with Crippen molar-refractivity contribution in [2.45, 2.75) is 13.3 Å². The normalized spacial score (nSPS) is 30.3. The lowest BCUT2D eigenvalue weighted by Crippen LogP contribution is -2.26. The summed E-state index contributed by atoms with van der Waals surface area (Å²) < 4.78 is 20.8. The molecule has 0 aromatic heterocycles. The van der Waals surface area contributed by atoms with Crippen molar-refractivity contribution in [3.05, 3.63) is 36.0 Å². The van der Waals surface area contributed by atoms with Crippen LogP contribution in [0.3, 0.4) is 0 Å². The highest BCUT2D eigenvalue weighted by atomic mass is 32.2. The van der Waals surface area contributed by atoms with Crippen LogP contribution >= 0.6 is 0 Å². The highest BCUT2D eigenvalue weighted by Gasteiger charge is 2.08. The summed E-state index contributed by atoms with van der Waals surface area (Å²) >= 11 is -2.31. The predicted octanol–water partition coefficient (Wildman–Crippen LogP) is 1.32. The van der Waals surface area contributed by atoms with Crippen molar-refractivity contribution in [3.63, 3.8) is 0 Å². The van der Waals surface area contributed by atoms with Gasteiger partial charge in [0, 0.05) is 5.57 Å². The van der Waals surface area contributed by atoms with E-state index in [0.29, 0.717) is 11.5 Å². The fourth-order valence-corrected chi connectivity index (χ4v) is 1.46. The quantitative estimate of drug-likeness (QED) is 0.699. The van der Waals surface area contributed by atoms with Gasteiger partial charge in [-0.3, -0.25) is 9.35 Å². The molecular weight excluding hydrogens is 214 g/mol. The Hall–Kier alpha value is -1.20. The van der Waals surface area contributed by atoms with Gasteiger partial charge in [0.15, 0.2) is 0 Å². The molecule has 0 aliphatic heterocycles. The van der Waals surface area contributed by atoms with Gasteiger partial charge in [-0.2, -0.15) is 0 Å². The lowest BCUT2D eigenvalue weighted by molar-refractivity contribution is -0.115. The Balaban J connectivity index is 2.76. The summed E-state index contributed by atoms with van der Waals surface area (Å²) in [4.78, 5) is 11.3. The minimum absolute atomic E-state index is 0.376. The second-order valence-electron chi connectivity index (χ2n) is 3.30. The van der Waals surface area contributed by atoms with Crippen molar-refractivity contribution >= 4 is 17.2 Å². The molecule has 2 atom stereocenters. The average molecular weight is 227 g/mol. The molecule has 0 radical (unpaired) electrons. The maximum absolute atomic E-state index is 11.3. The molecule has 0 aromatic rings. The molecule has 0 saturated carbocycles. The molecule has 0 heterocycles. The molecule has 1 rings (SSSR count). The van der Waals surface area contributed by atoms with Gasteiger partial charge in [0.25, 0.3) is 17.2 Å². The highest BCUT2D eigenvalue weighted by molar-refractivity contribution is 7.77. The minimum atomic E-state index is -2.31. The fourth-order valence-electron chi connectivity index (χ4n) is 1.18. The van der Waals surface area contributed by atoms with Crippen molar-refractivity contribution in [2.75, 3.05) is 0 Å². The number of hydrogen-bond acceptors (Lipinski definition) is 2. The molecule has 1 aliphatic carbocycles. The van der Waals surface area contributed by atoms with Crippen LogP contribution in [0.1, 0.15) is 13.3 Å². The van der Waals surface area contributed by atoms with Crippen molar-refractivity contribution in [1.29, 1.82) is 0 Å². The van der Waals surface area contributed by atoms with Crippen molar-refractivity contribution in [1.82, 2.24) is 4.72 Å². The summed E-state index contributed by atoms with van der Waals surface area (Å²) in [6.07, 6.45) is 9.76. The van der Waals surface area contributed by atoms with E-state index in [2.05, 4.69) is 6.92 Å². The molecule has 4 nitrogen and oxygen atoms in total. The first-order valence-corrected chi connectivity index (χ1v) is 5.67. The van der Waals surface area contributed by atoms with E-state index in [4.69, 9.17) is 4.55 Å². The molecule has 1 amide bonds. The van der Waals surface area contributed by atoms with E-state index in [1.165, 1.54) is 0 Å². The van der Waals surface area contributed by atoms with Crippen LogP contribution in [0.4, 0.5) is 0 Å². The van der Waals surface area contributed by atoms with E-state index in [0.717, 1.165) is 6.42 Å². The molecule has 0 bridgehead atoms. The van der Waals surface area contributed by atoms with Gasteiger partial charge in [-0.05, 0) is 18.4 Å². The molecule has 1 aliphatic rings. The van der Waals surface area contributed by atoms with Crippen LogP contribution in [-0.4, -0.2) is 14.7 Å². The van der Waals surface area contributed by atoms with Gasteiger partial charge >= 0.3 is 0 Å². The first kappa shape index (κ1) is 11.9. The van der Waals surface area contributed by atoms with Gasteiger partial charge in [0.2, 0.25) is 0 Å². The Bertz CT molecular complexity index is 358. The summed E-state index contributed by atoms with van der Waals surface area (Å²) in [6.45, 7) is 2.07. The summed E-state index contributed by atoms with van der Waals surface area (Å²) in [6, 6.07) is 0. The van der Waals surface area contributed by atoms with E-state index in [1.54, 1.807) is 18.2 Å². The smallest absolute Gasteiger partial charge is 0.264 e. The Labute approximate surface area is 91.2 Å². The Morgan fingerprint density at radius 1 is 1.67 bits per heavy atom. The van der Waals surface area contributed by atoms with Crippen LogP contribution in [0.25, 0.3) is 0 Å². The maximum atomic E-state index is 11.3. The topological polar surface area (TPSA) is 66.4 Å². The van der Waals surface area contributed by atoms with E-state index >= 15 is 0 Å². The SMILES string of the molecule is C[C@H]1\C=C/C=C(C(=O)NS(=O)O)\C=C\C1. The first-order valence-electron chi connectivity index (χ1n) is 4.56. The van der Waals surface area contributed by atoms with E-state index in [-0.39, 0.29) is 0 Å². The minimum Gasteiger partial charge on any atom is -0.289 e. The molecule has 0 spiro atoms. The number of carbonyl (C=O) groups is 1. The third-order valence-electron chi connectivity index (χ3n) is 1.96. The summed E-state index contributed by atoms with van der Waals surface area (Å²) in [7, 11) is 0. The molecule has 1 unspecified atom stereocenters. The zero-order chi connectivity index (χ0) is 11.3. The number of carbonyl (C=O) groups excluding carboxylic acids is 1. The second-order valence-corrected chi connectivity index (χ2v) is 4.01. The van der Waals surface area contributed by atoms with Gasteiger partial charge < -0.3 is 0 Å². The van der Waals surface area contributed by atoms with Gasteiger partial charge in [-0.15, -0.1) is 0 Å². The van der Waals surface area contributed by atoms with Crippen LogP contribution in [-0.2, 0) is 16.1 Å². The van der Waals surface area contributed by atoms with Gasteiger partial charge in [-0.1, -0.05) is 31.2 Å². The van der Waals surface area contributed by atoms with Crippen LogP contribution < -0.4 is 4.72 Å². The Morgan fingerprint density at radius 2 is 2.40 bits per heavy atom. The van der Waals surface area contributed by atoms with Crippen LogP contribution in [0, 0.1) is 5.92 Å². The first-order chi connectivity index (χ1) is 7.09. The Kier molecular flexibility index (Phi) is 4.45. The second kappa shape index (κ2) is 5.63. The zero-order valence-electron chi connectivity index (χ0n) is 8.34. The van der Waals surface area contributed by atoms with Gasteiger partial charge in [0.05, 0.1) is 0 Å². The number of hydrogen-bond donors (Lipinski definition) is 2. The zero-order valence-corrected chi connectivity index (χ0v) is 9.16. The van der Waals surface area contributed by atoms with Crippen molar-refractivity contribution in [3.8, 4) is 0 Å². The van der Waals surface area contributed by atoms with Crippen molar-refractivity contribution in [2.24, 2.45) is 5.92 Å². The standard InChI is InChI=1S/C10H13NO3S/c1-8-4-2-6-9(7-3-5-8)10(12)11-15(13)14/h2-4,6-8H,5H2,1H3,(H,11,12)(H,13,14)/b4-2-,7-3+,9-6+/t8-/m0/s1. The number of amides is 1. The number of nitrogens with one attached hydrogen (secondary N) is 1. The number of allylic oxidation sites excluding steroid dienone is 4. The predicted molar refractivity (Wildman–Crippen MR) is 59.1 cm³/mol. The molecule has 0 saturated heterocycles. The van der Waals surface area contributed by atoms with Gasteiger partial charge in [0.1, 0.15) is 0 Å². The molecule has 15 heavy (non-hydrogen) atoms. The lowest BCUT2D eigenvalue weighted by atomic mass is 10.0. The van der Waals surface area contributed by atoms with Crippen LogP contribution in [0.2, 0.25) is 0 Å². The summed E-state index contributed by atoms with van der Waals surface area (Å²) in [5.41, 5.74) is 0.376. The van der Waals surface area contributed by atoms with E-state index in [1.807, 2.05) is 16.9 Å². The molecular formula is C10H13NO3S. The monoisotopic (exact) mass is 227 g/mol. The third kappa shape index (κ3) is 4.22. The van der Waals surface area contributed by atoms with Crippen LogP contribution in [0.5, 0.6) is 0 Å². The summed E-state index contributed by atoms with van der Waals surface area (Å²) in [5, 5.41) is 0. The Morgan fingerprint density at radius 3 is 3.07 bits per heavy atom. The van der Waals surface area contributed by atoms with E-state index < -0.39 is 17.2 Å². The molecule has 0 aromatic carbocycles. The largest absolute Gasteiger partial charge is 0.289 e. The fraction of sp³-hybridized carbons (Fsp3) is 0.300. The number of rotatable bonds is 2. The summed E-state index contributed by atoms with van der Waals surface area (Å²) in [5.74, 6) is -0.111. The molecule has 2 N–H and O–H groups in total. The maximum Gasteiger partial charge on any atom is 0.264 e. The lowest BCUT2D eigenvalue weighted by Gasteiger charge is -2.05. The van der Waals surface area contributed by atoms with Crippen LogP contribution in [0.15, 0.2) is 36.0 Å². The molecule has 82 valence electrons. The van der Waals surface area contributed by atoms with E-state index in [9.17, 15) is 9.00 Å². The third-order valence-corrected chi connectivity index (χ3v) is 2.32. The average Bonchev–Trinajstić information content (AvgIpc) is 2.09. The van der Waals surface area contributed by atoms with Gasteiger partial charge in [-0.25, -0.2) is 8.93 Å². The highest BCUT2D eigenvalue weighted by Crippen LogP contribution is 2.10.